The van der Waals surface area contributed by atoms with Gasteiger partial charge >= 0.3 is 6.18 Å². The van der Waals surface area contributed by atoms with Crippen LogP contribution in [0.15, 0.2) is 41.0 Å². The number of pyridine rings is 1. The molecule has 1 unspecified atom stereocenters. The Morgan fingerprint density at radius 3 is 2.50 bits per heavy atom. The van der Waals surface area contributed by atoms with Crippen molar-refractivity contribution < 1.29 is 36.6 Å². The molecule has 1 aromatic carbocycles. The minimum Gasteiger partial charge on any atom is -0.484 e. The van der Waals surface area contributed by atoms with E-state index in [-0.39, 0.29) is 29.2 Å². The number of benzene rings is 1. The molecule has 0 bridgehead atoms. The number of nitrogens with zero attached hydrogens (tertiary/aromatic N) is 4. The van der Waals surface area contributed by atoms with Gasteiger partial charge in [0.15, 0.2) is 5.75 Å². The highest BCUT2D eigenvalue weighted by Gasteiger charge is 2.43. The molecule has 5 rings (SSSR count). The molecule has 3 aliphatic rings. The average Bonchev–Trinajstić information content (AvgIpc) is 2.91. The first kappa shape index (κ1) is 27.6. The lowest BCUT2D eigenvalue weighted by Crippen LogP contribution is -2.55. The van der Waals surface area contributed by atoms with Crippen LogP contribution in [0.1, 0.15) is 13.8 Å². The van der Waals surface area contributed by atoms with E-state index in [9.17, 15) is 22.8 Å². The standard InChI is InChI=1S/C27H27F4N5O4/c1-14-12-36(13-15(2)35(14)3)22-9-20(28)17(16-6-23-26(33-10-16)40-5-4-39-23)7-21(22)34-25(38)18-11-32-24(37)8-19(18)27(29,30)31/h6-11,14-15,18H,4-5,12-13H2,1-3H3,(H,34,38)/t14-,15+,18?. The molecule has 3 atom stereocenters. The van der Waals surface area contributed by atoms with Gasteiger partial charge in [0, 0.05) is 54.8 Å². The van der Waals surface area contributed by atoms with E-state index >= 15 is 4.39 Å². The summed E-state index contributed by atoms with van der Waals surface area (Å²) in [5.74, 6) is -4.06. The Bertz CT molecular complexity index is 1400. The van der Waals surface area contributed by atoms with Crippen LogP contribution in [0, 0.1) is 11.7 Å². The number of likely N-dealkylation sites (N-methyl/N-ethyl adjacent to an activating group) is 1. The molecular weight excluding hydrogens is 534 g/mol. The number of aliphatic imine (C=N–C) groups is 1. The predicted molar refractivity (Wildman–Crippen MR) is 139 cm³/mol. The van der Waals surface area contributed by atoms with Crippen LogP contribution >= 0.6 is 0 Å². The Balaban J connectivity index is 1.56. The van der Waals surface area contributed by atoms with E-state index in [1.54, 1.807) is 6.07 Å². The van der Waals surface area contributed by atoms with Crippen LogP contribution in [-0.2, 0) is 9.59 Å². The Morgan fingerprint density at radius 1 is 1.10 bits per heavy atom. The van der Waals surface area contributed by atoms with Gasteiger partial charge in [-0.05, 0) is 39.1 Å². The molecule has 9 nitrogen and oxygen atoms in total. The van der Waals surface area contributed by atoms with E-state index in [0.717, 1.165) is 0 Å². The molecule has 4 heterocycles. The summed E-state index contributed by atoms with van der Waals surface area (Å²) in [5, 5.41) is 2.55. The van der Waals surface area contributed by atoms with Crippen LogP contribution in [0.25, 0.3) is 11.1 Å². The van der Waals surface area contributed by atoms with Crippen LogP contribution < -0.4 is 19.7 Å². The number of piperazine rings is 1. The van der Waals surface area contributed by atoms with Crippen LogP contribution in [0.5, 0.6) is 11.6 Å². The van der Waals surface area contributed by atoms with Crippen LogP contribution in [-0.4, -0.2) is 79.5 Å². The van der Waals surface area contributed by atoms with Gasteiger partial charge in [-0.2, -0.15) is 13.2 Å². The number of alkyl halides is 3. The zero-order chi connectivity index (χ0) is 28.8. The summed E-state index contributed by atoms with van der Waals surface area (Å²) in [4.78, 5) is 36.4. The summed E-state index contributed by atoms with van der Waals surface area (Å²) in [6.07, 6.45) is -2.55. The van der Waals surface area contributed by atoms with Gasteiger partial charge in [0.25, 0.3) is 11.8 Å². The van der Waals surface area contributed by atoms with Gasteiger partial charge < -0.3 is 19.7 Å². The second-order valence-corrected chi connectivity index (χ2v) is 10.0. The first-order valence-corrected chi connectivity index (χ1v) is 12.7. The summed E-state index contributed by atoms with van der Waals surface area (Å²) < 4.78 is 67.7. The molecule has 1 fully saturated rings. The summed E-state index contributed by atoms with van der Waals surface area (Å²) in [7, 11) is 1.97. The maximum atomic E-state index is 15.7. The molecule has 0 saturated carbocycles. The Labute approximate surface area is 227 Å². The molecule has 0 radical (unpaired) electrons. The van der Waals surface area contributed by atoms with E-state index in [1.165, 1.54) is 18.3 Å². The molecule has 0 spiro atoms. The maximum absolute atomic E-state index is 15.7. The number of carbonyl (C=O) groups is 2. The number of halogens is 4. The number of anilines is 2. The van der Waals surface area contributed by atoms with Crippen molar-refractivity contribution in [1.29, 1.82) is 0 Å². The van der Waals surface area contributed by atoms with Gasteiger partial charge in [-0.25, -0.2) is 14.4 Å². The number of aromatic nitrogens is 1. The molecule has 1 N–H and O–H groups in total. The van der Waals surface area contributed by atoms with Gasteiger partial charge in [-0.1, -0.05) is 0 Å². The van der Waals surface area contributed by atoms with Gasteiger partial charge in [-0.15, -0.1) is 0 Å². The molecule has 1 saturated heterocycles. The molecule has 40 heavy (non-hydrogen) atoms. The summed E-state index contributed by atoms with van der Waals surface area (Å²) in [6.45, 7) is 5.60. The van der Waals surface area contributed by atoms with Crippen molar-refractivity contribution in [1.82, 2.24) is 9.88 Å². The van der Waals surface area contributed by atoms with E-state index < -0.39 is 35.3 Å². The summed E-state index contributed by atoms with van der Waals surface area (Å²) in [6, 6.07) is 4.33. The number of fused-ring (bicyclic) bond motifs is 1. The number of amides is 2. The third kappa shape index (κ3) is 5.37. The molecule has 2 aromatic rings. The first-order valence-electron chi connectivity index (χ1n) is 12.7. The number of nitrogens with one attached hydrogen (secondary N) is 1. The molecule has 3 aliphatic heterocycles. The zero-order valence-corrected chi connectivity index (χ0v) is 22.0. The molecule has 2 amide bonds. The highest BCUT2D eigenvalue weighted by Crippen LogP contribution is 2.39. The smallest absolute Gasteiger partial charge is 0.414 e. The lowest BCUT2D eigenvalue weighted by molar-refractivity contribution is -0.124. The quantitative estimate of drug-likeness (QED) is 0.567. The van der Waals surface area contributed by atoms with Crippen molar-refractivity contribution in [3.63, 3.8) is 0 Å². The average molecular weight is 562 g/mol. The number of rotatable bonds is 4. The normalized spacial score (nSPS) is 23.2. The topological polar surface area (TPSA) is 96.4 Å². The van der Waals surface area contributed by atoms with E-state index in [1.807, 2.05) is 25.8 Å². The van der Waals surface area contributed by atoms with Crippen molar-refractivity contribution in [3.05, 3.63) is 41.9 Å². The van der Waals surface area contributed by atoms with Crippen LogP contribution in [0.4, 0.5) is 28.9 Å². The van der Waals surface area contributed by atoms with E-state index in [2.05, 4.69) is 20.2 Å². The molecular formula is C27H27F4N5O4. The fourth-order valence-corrected chi connectivity index (χ4v) is 4.99. The van der Waals surface area contributed by atoms with Gasteiger partial charge in [0.1, 0.15) is 24.9 Å². The second kappa shape index (κ2) is 10.5. The van der Waals surface area contributed by atoms with E-state index in [4.69, 9.17) is 9.47 Å². The van der Waals surface area contributed by atoms with Crippen molar-refractivity contribution in [2.75, 3.05) is 43.6 Å². The lowest BCUT2D eigenvalue weighted by Gasteiger charge is -2.44. The fraction of sp³-hybridized carbons (Fsp3) is 0.407. The molecule has 13 heteroatoms. The summed E-state index contributed by atoms with van der Waals surface area (Å²) in [5.41, 5.74) is -0.533. The molecule has 1 aromatic heterocycles. The van der Waals surface area contributed by atoms with Gasteiger partial charge in [-0.3, -0.25) is 14.5 Å². The Kier molecular flexibility index (Phi) is 7.25. The SMILES string of the molecule is C[C@@H]1CN(c2cc(F)c(-c3cnc4c(c3)OCCO4)cc2NC(=O)C2C=NC(=O)C=C2C(F)(F)F)C[C@H](C)N1C. The van der Waals surface area contributed by atoms with E-state index in [0.29, 0.717) is 55.6 Å². The minimum atomic E-state index is -4.93. The zero-order valence-electron chi connectivity index (χ0n) is 22.0. The number of hydrogen-bond acceptors (Lipinski definition) is 7. The van der Waals surface area contributed by atoms with Crippen molar-refractivity contribution in [2.45, 2.75) is 32.1 Å². The number of carbonyl (C=O) groups excluding carboxylic acids is 2. The number of hydrogen-bond donors (Lipinski definition) is 1. The number of dihydropyridines is 1. The second-order valence-electron chi connectivity index (χ2n) is 10.0. The number of ether oxygens (including phenoxy) is 2. The molecule has 0 aliphatic carbocycles. The van der Waals surface area contributed by atoms with Gasteiger partial charge in [0.2, 0.25) is 5.91 Å². The van der Waals surface area contributed by atoms with Crippen molar-refractivity contribution >= 4 is 29.4 Å². The lowest BCUT2D eigenvalue weighted by atomic mass is 9.95. The van der Waals surface area contributed by atoms with Crippen molar-refractivity contribution in [2.24, 2.45) is 10.9 Å². The Hall–Kier alpha value is -4.00. The third-order valence-electron chi connectivity index (χ3n) is 7.33. The monoisotopic (exact) mass is 561 g/mol. The first-order chi connectivity index (χ1) is 18.9. The molecule has 212 valence electrons. The predicted octanol–water partition coefficient (Wildman–Crippen LogP) is 3.84. The summed E-state index contributed by atoms with van der Waals surface area (Å²) >= 11 is 0. The highest BCUT2D eigenvalue weighted by molar-refractivity contribution is 6.11. The fourth-order valence-electron chi connectivity index (χ4n) is 4.99. The Morgan fingerprint density at radius 2 is 1.80 bits per heavy atom. The van der Waals surface area contributed by atoms with Crippen LogP contribution in [0.3, 0.4) is 0 Å². The maximum Gasteiger partial charge on any atom is 0.414 e. The third-order valence-corrected chi connectivity index (χ3v) is 7.33. The largest absolute Gasteiger partial charge is 0.484 e. The van der Waals surface area contributed by atoms with Crippen molar-refractivity contribution in [3.8, 4) is 22.8 Å². The minimum absolute atomic E-state index is 0.0535. The highest BCUT2D eigenvalue weighted by atomic mass is 19.4. The van der Waals surface area contributed by atoms with Gasteiger partial charge in [0.05, 0.1) is 16.9 Å². The van der Waals surface area contributed by atoms with Crippen LogP contribution in [0.2, 0.25) is 0 Å².